The van der Waals surface area contributed by atoms with E-state index in [0.29, 0.717) is 12.1 Å². The molecular weight excluding hydrogens is 462 g/mol. The fourth-order valence-electron chi connectivity index (χ4n) is 1.62. The summed E-state index contributed by atoms with van der Waals surface area (Å²) in [5.41, 5.74) is -0.997. The normalized spacial score (nSPS) is 11.8. The maximum absolute atomic E-state index is 12.5. The summed E-state index contributed by atoms with van der Waals surface area (Å²) >= 11 is 2.04. The number of alkyl halides is 3. The molecule has 2 aromatic carbocycles. The summed E-state index contributed by atoms with van der Waals surface area (Å²) in [6.07, 6.45) is -5.85. The van der Waals surface area contributed by atoms with Crippen LogP contribution < -0.4 is 9.46 Å². The van der Waals surface area contributed by atoms with Crippen LogP contribution in [-0.4, -0.2) is 14.5 Å². The molecule has 1 N–H and O–H groups in total. The molecule has 0 heterocycles. The molecule has 1 amide bonds. The van der Waals surface area contributed by atoms with Crippen LogP contribution in [0.25, 0.3) is 0 Å². The highest BCUT2D eigenvalue weighted by Gasteiger charge is 2.30. The Hall–Kier alpha value is -1.82. The Morgan fingerprint density at radius 2 is 1.54 bits per heavy atom. The molecule has 0 aromatic heterocycles. The number of benzene rings is 2. The van der Waals surface area contributed by atoms with Crippen LogP contribution in [-0.2, 0) is 16.2 Å². The van der Waals surface area contributed by atoms with Crippen molar-refractivity contribution in [1.82, 2.24) is 4.72 Å². The molecular formula is C14H9F3INO4S. The number of rotatable bonds is 3. The molecule has 5 nitrogen and oxygen atoms in total. The largest absolute Gasteiger partial charge is 0.426 e. The molecule has 128 valence electrons. The topological polar surface area (TPSA) is 72.5 Å². The number of hydrogen-bond acceptors (Lipinski definition) is 4. The minimum absolute atomic E-state index is 0.121. The van der Waals surface area contributed by atoms with Crippen molar-refractivity contribution in [2.24, 2.45) is 0 Å². The monoisotopic (exact) mass is 471 g/mol. The Morgan fingerprint density at radius 1 is 1.00 bits per heavy atom. The van der Waals surface area contributed by atoms with Gasteiger partial charge in [0, 0.05) is 3.57 Å². The fourth-order valence-corrected chi connectivity index (χ4v) is 2.86. The second-order valence-electron chi connectivity index (χ2n) is 4.47. The molecule has 0 saturated heterocycles. The van der Waals surface area contributed by atoms with Gasteiger partial charge in [0.25, 0.3) is 10.0 Å². The lowest BCUT2D eigenvalue weighted by Gasteiger charge is -2.09. The van der Waals surface area contributed by atoms with E-state index in [1.807, 2.05) is 22.6 Å². The van der Waals surface area contributed by atoms with Gasteiger partial charge in [-0.3, -0.25) is 0 Å². The lowest BCUT2D eigenvalue weighted by molar-refractivity contribution is -0.137. The van der Waals surface area contributed by atoms with Crippen molar-refractivity contribution in [3.8, 4) is 5.75 Å². The molecule has 0 aliphatic rings. The Bertz CT molecular complexity index is 834. The van der Waals surface area contributed by atoms with Gasteiger partial charge in [-0.2, -0.15) is 13.2 Å². The van der Waals surface area contributed by atoms with Gasteiger partial charge >= 0.3 is 12.3 Å². The SMILES string of the molecule is O=C(NS(=O)(=O)c1ccc(C(F)(F)F)cc1)Oc1ccc(I)cc1. The Balaban J connectivity index is 2.10. The van der Waals surface area contributed by atoms with E-state index >= 15 is 0 Å². The van der Waals surface area contributed by atoms with E-state index < -0.39 is 32.8 Å². The number of amides is 1. The maximum atomic E-state index is 12.5. The quantitative estimate of drug-likeness (QED) is 0.692. The van der Waals surface area contributed by atoms with E-state index in [1.165, 1.54) is 12.1 Å². The zero-order valence-electron chi connectivity index (χ0n) is 11.7. The number of hydrogen-bond donors (Lipinski definition) is 1. The standard InChI is InChI=1S/C14H9F3INO4S/c15-14(16,17)9-1-7-12(8-2-9)24(21,22)19-13(20)23-11-5-3-10(18)4-6-11/h1-8H,(H,19,20). The molecule has 10 heteroatoms. The van der Waals surface area contributed by atoms with E-state index in [0.717, 1.165) is 15.7 Å². The van der Waals surface area contributed by atoms with Crippen molar-refractivity contribution in [2.45, 2.75) is 11.1 Å². The molecule has 0 aliphatic carbocycles. The highest BCUT2D eigenvalue weighted by Crippen LogP contribution is 2.29. The third-order valence-corrected chi connectivity index (χ3v) is 4.78. The van der Waals surface area contributed by atoms with Crippen molar-refractivity contribution >= 4 is 38.7 Å². The second-order valence-corrected chi connectivity index (χ2v) is 7.40. The van der Waals surface area contributed by atoms with Crippen molar-refractivity contribution in [2.75, 3.05) is 0 Å². The van der Waals surface area contributed by atoms with E-state index in [4.69, 9.17) is 4.74 Å². The van der Waals surface area contributed by atoms with E-state index in [1.54, 1.807) is 16.9 Å². The average Bonchev–Trinajstić information content (AvgIpc) is 2.48. The van der Waals surface area contributed by atoms with Crippen LogP contribution in [0.5, 0.6) is 5.75 Å². The van der Waals surface area contributed by atoms with Gasteiger partial charge < -0.3 is 4.74 Å². The molecule has 0 aliphatic heterocycles. The third-order valence-electron chi connectivity index (χ3n) is 2.73. The average molecular weight is 471 g/mol. The number of halogens is 4. The van der Waals surface area contributed by atoms with Crippen LogP contribution >= 0.6 is 22.6 Å². The van der Waals surface area contributed by atoms with Crippen molar-refractivity contribution in [3.63, 3.8) is 0 Å². The lowest BCUT2D eigenvalue weighted by atomic mass is 10.2. The molecule has 2 aromatic rings. The first kappa shape index (κ1) is 18.5. The van der Waals surface area contributed by atoms with Crippen LogP contribution in [0.15, 0.2) is 53.4 Å². The summed E-state index contributed by atoms with van der Waals surface area (Å²) in [5, 5.41) is 0. The first-order valence-electron chi connectivity index (χ1n) is 6.25. The molecule has 2 rings (SSSR count). The van der Waals surface area contributed by atoms with Crippen LogP contribution in [0.1, 0.15) is 5.56 Å². The van der Waals surface area contributed by atoms with Gasteiger partial charge in [0.1, 0.15) is 5.75 Å². The molecule has 0 fully saturated rings. The Labute approximate surface area is 149 Å². The molecule has 0 atom stereocenters. The number of carbonyl (C=O) groups excluding carboxylic acids is 1. The summed E-state index contributed by atoms with van der Waals surface area (Å²) in [5.74, 6) is 0.121. The first-order chi connectivity index (χ1) is 11.1. The van der Waals surface area contributed by atoms with Gasteiger partial charge in [-0.05, 0) is 71.1 Å². The van der Waals surface area contributed by atoms with Gasteiger partial charge in [0.2, 0.25) is 0 Å². The highest BCUT2D eigenvalue weighted by atomic mass is 127. The highest BCUT2D eigenvalue weighted by molar-refractivity contribution is 14.1. The summed E-state index contributed by atoms with van der Waals surface area (Å²) in [4.78, 5) is 11.1. The van der Waals surface area contributed by atoms with Gasteiger partial charge in [-0.25, -0.2) is 17.9 Å². The van der Waals surface area contributed by atoms with Crippen molar-refractivity contribution in [3.05, 3.63) is 57.7 Å². The minimum atomic E-state index is -4.58. The molecule has 24 heavy (non-hydrogen) atoms. The maximum Gasteiger partial charge on any atom is 0.426 e. The molecule has 0 bridgehead atoms. The number of ether oxygens (including phenoxy) is 1. The summed E-state index contributed by atoms with van der Waals surface area (Å²) in [6.45, 7) is 0. The summed E-state index contributed by atoms with van der Waals surface area (Å²) < 4.78 is 68.6. The lowest BCUT2D eigenvalue weighted by Crippen LogP contribution is -2.33. The molecule has 0 saturated carbocycles. The van der Waals surface area contributed by atoms with E-state index in [2.05, 4.69) is 0 Å². The van der Waals surface area contributed by atoms with Gasteiger partial charge in [-0.15, -0.1) is 0 Å². The zero-order valence-corrected chi connectivity index (χ0v) is 14.6. The molecule has 0 spiro atoms. The predicted molar refractivity (Wildman–Crippen MR) is 86.9 cm³/mol. The molecule has 0 radical (unpaired) electrons. The van der Waals surface area contributed by atoms with Crippen LogP contribution in [0.3, 0.4) is 0 Å². The third kappa shape index (κ3) is 4.84. The number of nitrogens with one attached hydrogen (secondary N) is 1. The first-order valence-corrected chi connectivity index (χ1v) is 8.81. The summed E-state index contributed by atoms with van der Waals surface area (Å²) in [7, 11) is -4.34. The summed E-state index contributed by atoms with van der Waals surface area (Å²) in [6, 6.07) is 8.95. The zero-order chi connectivity index (χ0) is 18.0. The van der Waals surface area contributed by atoms with Gasteiger partial charge in [0.05, 0.1) is 10.5 Å². The second kappa shape index (κ2) is 6.97. The van der Waals surface area contributed by atoms with Crippen LogP contribution in [0.2, 0.25) is 0 Å². The van der Waals surface area contributed by atoms with E-state index in [9.17, 15) is 26.4 Å². The van der Waals surface area contributed by atoms with Crippen molar-refractivity contribution < 1.29 is 31.1 Å². The van der Waals surface area contributed by atoms with E-state index in [-0.39, 0.29) is 5.75 Å². The van der Waals surface area contributed by atoms with Gasteiger partial charge in [0.15, 0.2) is 0 Å². The Morgan fingerprint density at radius 3 is 2.04 bits per heavy atom. The molecule has 0 unspecified atom stereocenters. The van der Waals surface area contributed by atoms with Crippen LogP contribution in [0, 0.1) is 3.57 Å². The fraction of sp³-hybridized carbons (Fsp3) is 0.0714. The van der Waals surface area contributed by atoms with Crippen LogP contribution in [0.4, 0.5) is 18.0 Å². The predicted octanol–water partition coefficient (Wildman–Crippen LogP) is 3.79. The minimum Gasteiger partial charge on any atom is -0.410 e. The number of sulfonamides is 1. The number of carbonyl (C=O) groups is 1. The van der Waals surface area contributed by atoms with Gasteiger partial charge in [-0.1, -0.05) is 0 Å². The Kier molecular flexibility index (Phi) is 5.38. The smallest absolute Gasteiger partial charge is 0.410 e. The van der Waals surface area contributed by atoms with Crippen molar-refractivity contribution in [1.29, 1.82) is 0 Å².